The number of nitrogens with one attached hydrogen (secondary N) is 1. The number of hydrogen-bond donors (Lipinski definition) is 1. The molecule has 1 N–H and O–H groups in total. The monoisotopic (exact) mass is 454 g/mol. The van der Waals surface area contributed by atoms with Gasteiger partial charge in [0.05, 0.1) is 12.7 Å². The van der Waals surface area contributed by atoms with Crippen molar-refractivity contribution in [1.29, 1.82) is 0 Å². The van der Waals surface area contributed by atoms with E-state index < -0.39 is 18.5 Å². The summed E-state index contributed by atoms with van der Waals surface area (Å²) in [5.74, 6) is 0.0361. The molecule has 1 saturated heterocycles. The molecule has 2 atom stereocenters. The highest BCUT2D eigenvalue weighted by atomic mass is 16.5. The third-order valence-corrected chi connectivity index (χ3v) is 5.64. The highest BCUT2D eigenvalue weighted by molar-refractivity contribution is 5.95. The number of ether oxygens (including phenoxy) is 3. The first-order chi connectivity index (χ1) is 15.9. The Bertz CT molecular complexity index is 948. The first kappa shape index (κ1) is 24.1. The maximum Gasteiger partial charge on any atom is 0.338 e. The van der Waals surface area contributed by atoms with Crippen LogP contribution in [0.1, 0.15) is 43.5 Å². The number of carbonyl (C=O) groups is 3. The molecule has 0 aliphatic carbocycles. The van der Waals surface area contributed by atoms with Gasteiger partial charge in [-0.3, -0.25) is 9.59 Å². The van der Waals surface area contributed by atoms with Gasteiger partial charge in [0.15, 0.2) is 13.2 Å². The average molecular weight is 455 g/mol. The van der Waals surface area contributed by atoms with Gasteiger partial charge in [0.25, 0.3) is 11.8 Å². The van der Waals surface area contributed by atoms with Crippen LogP contribution in [0.5, 0.6) is 11.5 Å². The van der Waals surface area contributed by atoms with E-state index in [-0.39, 0.29) is 30.2 Å². The van der Waals surface area contributed by atoms with Gasteiger partial charge in [-0.25, -0.2) is 4.79 Å². The summed E-state index contributed by atoms with van der Waals surface area (Å²) in [6.45, 7) is 3.66. The van der Waals surface area contributed by atoms with Crippen LogP contribution in [0.15, 0.2) is 48.5 Å². The van der Waals surface area contributed by atoms with Crippen LogP contribution in [0.2, 0.25) is 0 Å². The Morgan fingerprint density at radius 1 is 0.909 bits per heavy atom. The maximum atomic E-state index is 12.6. The van der Waals surface area contributed by atoms with E-state index in [4.69, 9.17) is 14.2 Å². The number of anilines is 1. The van der Waals surface area contributed by atoms with Crippen LogP contribution in [-0.4, -0.2) is 55.1 Å². The number of methoxy groups -OCH3 is 1. The van der Waals surface area contributed by atoms with Crippen molar-refractivity contribution >= 4 is 23.5 Å². The highest BCUT2D eigenvalue weighted by Crippen LogP contribution is 2.23. The summed E-state index contributed by atoms with van der Waals surface area (Å²) in [4.78, 5) is 38.7. The van der Waals surface area contributed by atoms with Gasteiger partial charge < -0.3 is 24.4 Å². The Balaban J connectivity index is 1.44. The lowest BCUT2D eigenvalue weighted by molar-refractivity contribution is -0.139. The van der Waals surface area contributed by atoms with E-state index in [9.17, 15) is 14.4 Å². The van der Waals surface area contributed by atoms with Gasteiger partial charge in [-0.2, -0.15) is 0 Å². The molecule has 8 heteroatoms. The second-order valence-corrected chi connectivity index (χ2v) is 8.10. The van der Waals surface area contributed by atoms with Crippen LogP contribution in [0.3, 0.4) is 0 Å². The van der Waals surface area contributed by atoms with Gasteiger partial charge >= 0.3 is 5.97 Å². The number of likely N-dealkylation sites (tertiary alicyclic amines) is 1. The molecule has 8 nitrogen and oxygen atoms in total. The van der Waals surface area contributed by atoms with Crippen molar-refractivity contribution in [3.05, 3.63) is 54.1 Å². The Morgan fingerprint density at radius 2 is 1.52 bits per heavy atom. The van der Waals surface area contributed by atoms with Crippen molar-refractivity contribution in [2.24, 2.45) is 0 Å². The summed E-state index contributed by atoms with van der Waals surface area (Å²) in [5.41, 5.74) is 0.852. The molecule has 0 spiro atoms. The molecule has 1 heterocycles. The SMILES string of the molecule is COc1ccc(NC(=O)COC(=O)c2ccc(OCC(=O)N3C(C)CCCC3C)cc2)cc1. The lowest BCUT2D eigenvalue weighted by Crippen LogP contribution is -2.49. The molecule has 2 aromatic carbocycles. The van der Waals surface area contributed by atoms with E-state index in [2.05, 4.69) is 19.2 Å². The highest BCUT2D eigenvalue weighted by Gasteiger charge is 2.29. The molecular weight excluding hydrogens is 424 g/mol. The molecule has 2 aromatic rings. The van der Waals surface area contributed by atoms with Crippen LogP contribution in [0, 0.1) is 0 Å². The average Bonchev–Trinajstić information content (AvgIpc) is 2.82. The van der Waals surface area contributed by atoms with Crippen molar-refractivity contribution in [3.63, 3.8) is 0 Å². The van der Waals surface area contributed by atoms with E-state index in [1.807, 2.05) is 4.90 Å². The standard InChI is InChI=1S/C25H30N2O6/c1-17-5-4-6-18(2)27(17)24(29)16-32-22-11-7-19(8-12-22)25(30)33-15-23(28)26-20-9-13-21(31-3)14-10-20/h7-14,17-18H,4-6,15-16H2,1-3H3,(H,26,28). The number of hydrogen-bond acceptors (Lipinski definition) is 6. The molecule has 3 rings (SSSR count). The molecule has 2 unspecified atom stereocenters. The molecular formula is C25H30N2O6. The van der Waals surface area contributed by atoms with Gasteiger partial charge in [0, 0.05) is 17.8 Å². The molecule has 0 aromatic heterocycles. The summed E-state index contributed by atoms with van der Waals surface area (Å²) in [5, 5.41) is 2.64. The van der Waals surface area contributed by atoms with Crippen LogP contribution in [0.4, 0.5) is 5.69 Å². The Labute approximate surface area is 193 Å². The van der Waals surface area contributed by atoms with Gasteiger partial charge in [-0.05, 0) is 81.6 Å². The van der Waals surface area contributed by atoms with Crippen LogP contribution >= 0.6 is 0 Å². The first-order valence-corrected chi connectivity index (χ1v) is 11.0. The quantitative estimate of drug-likeness (QED) is 0.612. The summed E-state index contributed by atoms with van der Waals surface area (Å²) in [6, 6.07) is 13.5. The zero-order valence-electron chi connectivity index (χ0n) is 19.2. The summed E-state index contributed by atoms with van der Waals surface area (Å²) >= 11 is 0. The van der Waals surface area contributed by atoms with E-state index in [1.165, 1.54) is 12.1 Å². The fourth-order valence-corrected chi connectivity index (χ4v) is 3.91. The van der Waals surface area contributed by atoms with E-state index in [0.717, 1.165) is 19.3 Å². The van der Waals surface area contributed by atoms with Gasteiger partial charge in [-0.15, -0.1) is 0 Å². The molecule has 1 fully saturated rings. The first-order valence-electron chi connectivity index (χ1n) is 11.0. The van der Waals surface area contributed by atoms with Gasteiger partial charge in [0.1, 0.15) is 11.5 Å². The third-order valence-electron chi connectivity index (χ3n) is 5.64. The molecule has 0 bridgehead atoms. The summed E-state index contributed by atoms with van der Waals surface area (Å²) in [7, 11) is 1.56. The Kier molecular flexibility index (Phi) is 8.29. The van der Waals surface area contributed by atoms with E-state index in [0.29, 0.717) is 17.2 Å². The van der Waals surface area contributed by atoms with Gasteiger partial charge in [0.2, 0.25) is 0 Å². The number of rotatable bonds is 8. The van der Waals surface area contributed by atoms with Crippen LogP contribution in [-0.2, 0) is 14.3 Å². The van der Waals surface area contributed by atoms with Crippen molar-refractivity contribution in [2.75, 3.05) is 25.6 Å². The minimum atomic E-state index is -0.626. The normalized spacial score (nSPS) is 17.7. The number of benzene rings is 2. The second kappa shape index (κ2) is 11.4. The molecule has 1 aliphatic rings. The smallest absolute Gasteiger partial charge is 0.338 e. The number of piperidine rings is 1. The second-order valence-electron chi connectivity index (χ2n) is 8.10. The van der Waals surface area contributed by atoms with Crippen LogP contribution < -0.4 is 14.8 Å². The van der Waals surface area contributed by atoms with Crippen molar-refractivity contribution in [1.82, 2.24) is 4.90 Å². The van der Waals surface area contributed by atoms with Gasteiger partial charge in [-0.1, -0.05) is 0 Å². The van der Waals surface area contributed by atoms with Crippen molar-refractivity contribution in [2.45, 2.75) is 45.2 Å². The molecule has 0 radical (unpaired) electrons. The molecule has 1 aliphatic heterocycles. The zero-order valence-corrected chi connectivity index (χ0v) is 19.2. The van der Waals surface area contributed by atoms with Crippen molar-refractivity contribution in [3.8, 4) is 11.5 Å². The Hall–Kier alpha value is -3.55. The number of nitrogens with zero attached hydrogens (tertiary/aromatic N) is 1. The predicted molar refractivity (Wildman–Crippen MR) is 123 cm³/mol. The van der Waals surface area contributed by atoms with E-state index >= 15 is 0 Å². The summed E-state index contributed by atoms with van der Waals surface area (Å²) < 4.78 is 15.8. The maximum absolute atomic E-state index is 12.6. The fraction of sp³-hybridized carbons (Fsp3) is 0.400. The Morgan fingerprint density at radius 3 is 2.12 bits per heavy atom. The minimum absolute atomic E-state index is 0.0407. The number of amides is 2. The fourth-order valence-electron chi connectivity index (χ4n) is 3.91. The summed E-state index contributed by atoms with van der Waals surface area (Å²) in [6.07, 6.45) is 3.14. The molecule has 0 saturated carbocycles. The van der Waals surface area contributed by atoms with Crippen molar-refractivity contribution < 1.29 is 28.6 Å². The van der Waals surface area contributed by atoms with Crippen LogP contribution in [0.25, 0.3) is 0 Å². The lowest BCUT2D eigenvalue weighted by Gasteiger charge is -2.38. The third kappa shape index (κ3) is 6.71. The number of carbonyl (C=O) groups excluding carboxylic acids is 3. The lowest BCUT2D eigenvalue weighted by atomic mass is 9.97. The predicted octanol–water partition coefficient (Wildman–Crippen LogP) is 3.66. The zero-order chi connectivity index (χ0) is 23.8. The largest absolute Gasteiger partial charge is 0.497 e. The van der Waals surface area contributed by atoms with E-state index in [1.54, 1.807) is 43.5 Å². The minimum Gasteiger partial charge on any atom is -0.497 e. The molecule has 33 heavy (non-hydrogen) atoms. The molecule has 176 valence electrons. The topological polar surface area (TPSA) is 94.2 Å². The number of esters is 1. The molecule has 2 amide bonds.